The summed E-state index contributed by atoms with van der Waals surface area (Å²) in [6, 6.07) is 20.6. The van der Waals surface area contributed by atoms with Gasteiger partial charge in [0.1, 0.15) is 23.2 Å². The fourth-order valence-electron chi connectivity index (χ4n) is 3.26. The number of hydrogen-bond donors (Lipinski definition) is 2. The summed E-state index contributed by atoms with van der Waals surface area (Å²) in [4.78, 5) is 14.3. The number of aryl methyl sites for hydroxylation is 1. The van der Waals surface area contributed by atoms with Gasteiger partial charge >= 0.3 is 0 Å². The lowest BCUT2D eigenvalue weighted by Crippen LogP contribution is -2.46. The third-order valence-electron chi connectivity index (χ3n) is 4.72. The zero-order valence-corrected chi connectivity index (χ0v) is 17.0. The van der Waals surface area contributed by atoms with Gasteiger partial charge in [0, 0.05) is 16.3 Å². The van der Waals surface area contributed by atoms with E-state index < -0.39 is 12.1 Å². The van der Waals surface area contributed by atoms with E-state index in [0.29, 0.717) is 16.5 Å². The van der Waals surface area contributed by atoms with Crippen LogP contribution in [0.1, 0.15) is 17.5 Å². The highest BCUT2D eigenvalue weighted by Gasteiger charge is 2.36. The molecule has 0 spiro atoms. The minimum absolute atomic E-state index is 0.0442. The van der Waals surface area contributed by atoms with Crippen LogP contribution in [0.3, 0.4) is 0 Å². The molecule has 1 atom stereocenters. The fraction of sp³-hybridized carbons (Fsp3) is 0.0909. The number of carbonyl (C=O) groups is 1. The number of furan rings is 1. The third-order valence-corrected chi connectivity index (χ3v) is 5.41. The van der Waals surface area contributed by atoms with Gasteiger partial charge in [0.15, 0.2) is 6.17 Å². The van der Waals surface area contributed by atoms with Gasteiger partial charge < -0.3 is 14.6 Å². The van der Waals surface area contributed by atoms with Crippen LogP contribution in [-0.4, -0.2) is 5.91 Å². The molecule has 2 aromatic carbocycles. The van der Waals surface area contributed by atoms with Crippen molar-refractivity contribution >= 4 is 35.8 Å². The van der Waals surface area contributed by atoms with Crippen LogP contribution in [-0.2, 0) is 4.79 Å². The molecule has 144 valence electrons. The molecule has 1 aliphatic heterocycles. The van der Waals surface area contributed by atoms with E-state index in [2.05, 4.69) is 17.9 Å². The SMILES string of the molecule is Cc1ccccc1N1C(S)=C(C#N)C(=O)NC1c1ccc(-c2ccc(Cl)cc2)o1. The van der Waals surface area contributed by atoms with Gasteiger partial charge in [-0.1, -0.05) is 29.8 Å². The molecule has 1 aromatic heterocycles. The molecule has 1 N–H and O–H groups in total. The Kier molecular flexibility index (Phi) is 5.10. The van der Waals surface area contributed by atoms with Gasteiger partial charge in [-0.3, -0.25) is 4.79 Å². The molecule has 29 heavy (non-hydrogen) atoms. The summed E-state index contributed by atoms with van der Waals surface area (Å²) in [5.41, 5.74) is 2.61. The molecule has 0 saturated heterocycles. The Bertz CT molecular complexity index is 1160. The van der Waals surface area contributed by atoms with Gasteiger partial charge in [0.25, 0.3) is 5.91 Å². The summed E-state index contributed by atoms with van der Waals surface area (Å²) in [5, 5.41) is 13.2. The normalized spacial score (nSPS) is 16.6. The van der Waals surface area contributed by atoms with E-state index in [-0.39, 0.29) is 10.6 Å². The number of amides is 1. The number of benzene rings is 2. The molecular formula is C22H16ClN3O2S. The molecular weight excluding hydrogens is 406 g/mol. The highest BCUT2D eigenvalue weighted by molar-refractivity contribution is 7.84. The molecule has 1 amide bonds. The highest BCUT2D eigenvalue weighted by atomic mass is 35.5. The molecule has 1 unspecified atom stereocenters. The molecule has 0 radical (unpaired) electrons. The van der Waals surface area contributed by atoms with E-state index in [4.69, 9.17) is 16.0 Å². The van der Waals surface area contributed by atoms with Crippen LogP contribution >= 0.6 is 24.2 Å². The second kappa shape index (κ2) is 7.70. The summed E-state index contributed by atoms with van der Waals surface area (Å²) in [5.74, 6) is 0.679. The van der Waals surface area contributed by atoms with E-state index in [1.807, 2.05) is 55.5 Å². The number of rotatable bonds is 3. The van der Waals surface area contributed by atoms with Crippen molar-refractivity contribution in [1.29, 1.82) is 5.26 Å². The first kappa shape index (κ1) is 19.2. The molecule has 0 saturated carbocycles. The van der Waals surface area contributed by atoms with Crippen LogP contribution in [0.2, 0.25) is 5.02 Å². The smallest absolute Gasteiger partial charge is 0.266 e. The minimum atomic E-state index is -0.644. The average molecular weight is 422 g/mol. The first-order valence-electron chi connectivity index (χ1n) is 8.84. The molecule has 1 aliphatic rings. The largest absolute Gasteiger partial charge is 0.457 e. The van der Waals surface area contributed by atoms with Gasteiger partial charge in [0.05, 0.1) is 5.03 Å². The maximum absolute atomic E-state index is 12.5. The van der Waals surface area contributed by atoms with Crippen LogP contribution in [0.15, 0.2) is 75.7 Å². The summed E-state index contributed by atoms with van der Waals surface area (Å²) < 4.78 is 6.07. The van der Waals surface area contributed by atoms with Crippen molar-refractivity contribution < 1.29 is 9.21 Å². The Labute approximate surface area is 178 Å². The number of carbonyl (C=O) groups excluding carboxylic acids is 1. The number of halogens is 1. The molecule has 0 bridgehead atoms. The molecule has 5 nitrogen and oxygen atoms in total. The molecule has 0 fully saturated rings. The van der Waals surface area contributed by atoms with Crippen LogP contribution in [0, 0.1) is 18.3 Å². The zero-order valence-electron chi connectivity index (χ0n) is 15.4. The monoisotopic (exact) mass is 421 g/mol. The number of nitrogens with zero attached hydrogens (tertiary/aromatic N) is 2. The van der Waals surface area contributed by atoms with Crippen LogP contribution in [0.5, 0.6) is 0 Å². The van der Waals surface area contributed by atoms with Crippen LogP contribution in [0.4, 0.5) is 5.69 Å². The lowest BCUT2D eigenvalue weighted by atomic mass is 10.1. The van der Waals surface area contributed by atoms with E-state index in [1.54, 1.807) is 23.1 Å². The number of nitriles is 1. The van der Waals surface area contributed by atoms with Crippen molar-refractivity contribution in [2.24, 2.45) is 0 Å². The number of anilines is 1. The minimum Gasteiger partial charge on any atom is -0.457 e. The average Bonchev–Trinajstić information content (AvgIpc) is 3.19. The van der Waals surface area contributed by atoms with Crippen molar-refractivity contribution in [2.75, 3.05) is 4.90 Å². The summed E-state index contributed by atoms with van der Waals surface area (Å²) in [7, 11) is 0. The van der Waals surface area contributed by atoms with Gasteiger partial charge in [-0.25, -0.2) is 0 Å². The van der Waals surface area contributed by atoms with Crippen molar-refractivity contribution in [3.05, 3.63) is 87.6 Å². The maximum Gasteiger partial charge on any atom is 0.266 e. The summed E-state index contributed by atoms with van der Waals surface area (Å²) in [6.45, 7) is 1.96. The Hall–Kier alpha value is -3.14. The topological polar surface area (TPSA) is 69.3 Å². The lowest BCUT2D eigenvalue weighted by molar-refractivity contribution is -0.118. The number of para-hydroxylation sites is 1. The quantitative estimate of drug-likeness (QED) is 0.569. The third kappa shape index (κ3) is 3.51. The Morgan fingerprint density at radius 3 is 2.55 bits per heavy atom. The van der Waals surface area contributed by atoms with Crippen molar-refractivity contribution in [3.8, 4) is 17.4 Å². The Morgan fingerprint density at radius 1 is 1.14 bits per heavy atom. The maximum atomic E-state index is 12.5. The van der Waals surface area contributed by atoms with E-state index >= 15 is 0 Å². The molecule has 4 rings (SSSR count). The predicted molar refractivity (Wildman–Crippen MR) is 115 cm³/mol. The first-order chi connectivity index (χ1) is 14.0. The first-order valence-corrected chi connectivity index (χ1v) is 9.67. The van der Waals surface area contributed by atoms with Crippen molar-refractivity contribution in [1.82, 2.24) is 5.32 Å². The van der Waals surface area contributed by atoms with Crippen LogP contribution < -0.4 is 10.2 Å². The molecule has 0 aliphatic carbocycles. The molecule has 7 heteroatoms. The highest BCUT2D eigenvalue weighted by Crippen LogP contribution is 2.38. The van der Waals surface area contributed by atoms with Gasteiger partial charge in [-0.15, -0.1) is 12.6 Å². The summed E-state index contributed by atoms with van der Waals surface area (Å²) >= 11 is 10.5. The van der Waals surface area contributed by atoms with E-state index in [1.165, 1.54) is 0 Å². The van der Waals surface area contributed by atoms with Crippen molar-refractivity contribution in [3.63, 3.8) is 0 Å². The Balaban J connectivity index is 1.80. The second-order valence-corrected chi connectivity index (χ2v) is 7.41. The van der Waals surface area contributed by atoms with Crippen molar-refractivity contribution in [2.45, 2.75) is 13.1 Å². The fourth-order valence-corrected chi connectivity index (χ4v) is 3.76. The molecule has 3 aromatic rings. The van der Waals surface area contributed by atoms with Gasteiger partial charge in [0.2, 0.25) is 0 Å². The number of thiol groups is 1. The standard InChI is InChI=1S/C22H16ClN3O2S/c1-13-4-2-3-5-17(13)26-20(25-21(27)16(12-24)22(26)29)19-11-10-18(28-19)14-6-8-15(23)9-7-14/h2-11,20,29H,1H3,(H,25,27). The van der Waals surface area contributed by atoms with Gasteiger partial charge in [-0.2, -0.15) is 5.26 Å². The zero-order chi connectivity index (χ0) is 20.5. The summed E-state index contributed by atoms with van der Waals surface area (Å²) in [6.07, 6.45) is -0.644. The van der Waals surface area contributed by atoms with E-state index in [0.717, 1.165) is 16.8 Å². The predicted octanol–water partition coefficient (Wildman–Crippen LogP) is 5.21. The van der Waals surface area contributed by atoms with E-state index in [9.17, 15) is 10.1 Å². The Morgan fingerprint density at radius 2 is 1.86 bits per heavy atom. The van der Waals surface area contributed by atoms with Crippen LogP contribution in [0.25, 0.3) is 11.3 Å². The second-order valence-electron chi connectivity index (χ2n) is 6.55. The number of hydrogen-bond acceptors (Lipinski definition) is 5. The number of nitrogens with one attached hydrogen (secondary N) is 1. The van der Waals surface area contributed by atoms with Gasteiger partial charge in [-0.05, 0) is 55.0 Å². The lowest BCUT2D eigenvalue weighted by Gasteiger charge is -2.37. The molecule has 2 heterocycles.